The van der Waals surface area contributed by atoms with E-state index in [1.807, 2.05) is 15.9 Å². The minimum Gasteiger partial charge on any atom is -0.383 e. The Hall–Kier alpha value is 0.0900. The van der Waals surface area contributed by atoms with E-state index in [9.17, 15) is 27.1 Å². The Kier molecular flexibility index (Phi) is 3.36. The normalized spacial score (nSPS) is 34.2. The van der Waals surface area contributed by atoms with Gasteiger partial charge < -0.3 is 5.11 Å². The Bertz CT molecular complexity index is 236. The van der Waals surface area contributed by atoms with Gasteiger partial charge in [-0.2, -0.15) is 22.0 Å². The largest absolute Gasteiger partial charge is 0.391 e. The van der Waals surface area contributed by atoms with Gasteiger partial charge in [-0.05, 0) is 41.6 Å². The molecule has 1 aliphatic rings. The lowest BCUT2D eigenvalue weighted by Crippen LogP contribution is -2.49. The molecule has 1 saturated carbocycles. The van der Waals surface area contributed by atoms with Crippen molar-refractivity contribution >= 4 is 15.9 Å². The Balaban J connectivity index is 2.80. The van der Waals surface area contributed by atoms with E-state index < -0.39 is 28.9 Å². The first-order chi connectivity index (χ1) is 6.56. The number of aliphatic hydroxyl groups is 1. The molecule has 7 heteroatoms. The van der Waals surface area contributed by atoms with E-state index >= 15 is 0 Å². The van der Waals surface area contributed by atoms with Crippen LogP contribution in [0.5, 0.6) is 0 Å². The number of hydrogen-bond donors (Lipinski definition) is 1. The molecule has 0 radical (unpaired) electrons. The van der Waals surface area contributed by atoms with Gasteiger partial charge >= 0.3 is 11.0 Å². The zero-order valence-corrected chi connectivity index (χ0v) is 9.21. The molecule has 2 unspecified atom stereocenters. The summed E-state index contributed by atoms with van der Waals surface area (Å²) in [7, 11) is 0. The summed E-state index contributed by atoms with van der Waals surface area (Å²) in [4.78, 5) is -3.68. The van der Waals surface area contributed by atoms with E-state index in [4.69, 9.17) is 0 Å². The minimum absolute atomic E-state index is 0.0537. The average molecular weight is 297 g/mol. The van der Waals surface area contributed by atoms with Crippen LogP contribution in [0.4, 0.5) is 22.0 Å². The minimum atomic E-state index is -4.52. The van der Waals surface area contributed by atoms with Gasteiger partial charge in [0.15, 0.2) is 0 Å². The Morgan fingerprint density at radius 1 is 1.20 bits per heavy atom. The summed E-state index contributed by atoms with van der Waals surface area (Å²) in [5, 5.41) is 9.44. The first kappa shape index (κ1) is 13.2. The van der Waals surface area contributed by atoms with Crippen LogP contribution < -0.4 is 0 Å². The highest BCUT2D eigenvalue weighted by atomic mass is 79.9. The monoisotopic (exact) mass is 296 g/mol. The first-order valence-electron chi connectivity index (χ1n) is 4.42. The van der Waals surface area contributed by atoms with Crippen molar-refractivity contribution in [3.8, 4) is 0 Å². The summed E-state index contributed by atoms with van der Waals surface area (Å²) in [6.07, 6.45) is -6.05. The van der Waals surface area contributed by atoms with Crippen LogP contribution in [0.1, 0.15) is 25.7 Å². The quantitative estimate of drug-likeness (QED) is 0.580. The smallest absolute Gasteiger partial charge is 0.383 e. The van der Waals surface area contributed by atoms with Crippen LogP contribution in [0.3, 0.4) is 0 Å². The van der Waals surface area contributed by atoms with Crippen molar-refractivity contribution in [2.24, 2.45) is 5.92 Å². The molecule has 1 aliphatic carbocycles. The number of hydrogen-bond acceptors (Lipinski definition) is 1. The molecule has 2 atom stereocenters. The molecular weight excluding hydrogens is 287 g/mol. The van der Waals surface area contributed by atoms with Crippen molar-refractivity contribution in [2.45, 2.75) is 42.3 Å². The number of alkyl halides is 6. The first-order valence-corrected chi connectivity index (χ1v) is 5.21. The van der Waals surface area contributed by atoms with Crippen molar-refractivity contribution in [1.29, 1.82) is 0 Å². The molecule has 1 N–H and O–H groups in total. The van der Waals surface area contributed by atoms with Gasteiger partial charge in [0.1, 0.15) is 5.60 Å². The molecule has 1 rings (SSSR count). The van der Waals surface area contributed by atoms with E-state index in [1.54, 1.807) is 0 Å². The molecule has 0 bridgehead atoms. The predicted molar refractivity (Wildman–Crippen MR) is 46.8 cm³/mol. The molecular formula is C8H10BrF5O. The summed E-state index contributed by atoms with van der Waals surface area (Å²) in [6.45, 7) is 0. The van der Waals surface area contributed by atoms with Gasteiger partial charge in [0, 0.05) is 0 Å². The number of rotatable bonds is 1. The highest BCUT2D eigenvalue weighted by Gasteiger charge is 2.57. The van der Waals surface area contributed by atoms with Gasteiger partial charge in [-0.15, -0.1) is 0 Å². The van der Waals surface area contributed by atoms with Gasteiger partial charge in [-0.3, -0.25) is 0 Å². The van der Waals surface area contributed by atoms with Crippen molar-refractivity contribution in [3.05, 3.63) is 0 Å². The fourth-order valence-corrected chi connectivity index (χ4v) is 2.15. The van der Waals surface area contributed by atoms with Crippen molar-refractivity contribution in [2.75, 3.05) is 0 Å². The molecule has 0 amide bonds. The predicted octanol–water partition coefficient (Wildman–Crippen LogP) is 3.46. The van der Waals surface area contributed by atoms with Gasteiger partial charge in [0.2, 0.25) is 0 Å². The van der Waals surface area contributed by atoms with Gasteiger partial charge in [0.05, 0.1) is 5.92 Å². The zero-order chi connectivity index (χ0) is 11.9. The molecule has 1 nitrogen and oxygen atoms in total. The van der Waals surface area contributed by atoms with E-state index in [0.29, 0.717) is 0 Å². The zero-order valence-electron chi connectivity index (χ0n) is 7.62. The van der Waals surface area contributed by atoms with E-state index in [2.05, 4.69) is 0 Å². The lowest BCUT2D eigenvalue weighted by Gasteiger charge is -2.39. The topological polar surface area (TPSA) is 20.2 Å². The second-order valence-electron chi connectivity index (χ2n) is 3.86. The highest BCUT2D eigenvalue weighted by molar-refractivity contribution is 9.10. The van der Waals surface area contributed by atoms with Crippen LogP contribution >= 0.6 is 15.9 Å². The van der Waals surface area contributed by atoms with Gasteiger partial charge in [-0.1, -0.05) is 0 Å². The van der Waals surface area contributed by atoms with E-state index in [-0.39, 0.29) is 19.3 Å². The maximum atomic E-state index is 12.9. The molecule has 0 aliphatic heterocycles. The second kappa shape index (κ2) is 3.84. The van der Waals surface area contributed by atoms with Crippen LogP contribution in [0.25, 0.3) is 0 Å². The third kappa shape index (κ3) is 2.81. The van der Waals surface area contributed by atoms with Crippen LogP contribution in [0.2, 0.25) is 0 Å². The molecule has 0 aromatic rings. The van der Waals surface area contributed by atoms with Crippen molar-refractivity contribution < 1.29 is 27.1 Å². The molecule has 0 spiro atoms. The number of halogens is 6. The standard InChI is InChI=1S/C8H10BrF5O/c9-8(13,14)6(15)3-1-2-5(4-6)7(10,11)12/h5,15H,1-4H2. The van der Waals surface area contributed by atoms with Crippen LogP contribution in [-0.4, -0.2) is 21.7 Å². The summed E-state index contributed by atoms with van der Waals surface area (Å²) >= 11 is 1.94. The summed E-state index contributed by atoms with van der Waals surface area (Å²) in [6, 6.07) is 0. The fourth-order valence-electron chi connectivity index (χ4n) is 1.79. The molecule has 0 aromatic carbocycles. The maximum Gasteiger partial charge on any atom is 0.391 e. The molecule has 0 aromatic heterocycles. The van der Waals surface area contributed by atoms with E-state index in [0.717, 1.165) is 0 Å². The van der Waals surface area contributed by atoms with Crippen molar-refractivity contribution in [3.63, 3.8) is 0 Å². The molecule has 1 fully saturated rings. The van der Waals surface area contributed by atoms with Crippen LogP contribution in [0.15, 0.2) is 0 Å². The molecule has 15 heavy (non-hydrogen) atoms. The van der Waals surface area contributed by atoms with Crippen LogP contribution in [0, 0.1) is 5.92 Å². The Morgan fingerprint density at radius 3 is 2.13 bits per heavy atom. The SMILES string of the molecule is OC1(C(F)(F)Br)CCCC(C(F)(F)F)C1. The second-order valence-corrected chi connectivity index (χ2v) is 4.86. The average Bonchev–Trinajstić information content (AvgIpc) is 2.00. The molecule has 0 saturated heterocycles. The molecule has 90 valence electrons. The Labute approximate surface area is 91.8 Å². The highest BCUT2D eigenvalue weighted by Crippen LogP contribution is 2.49. The lowest BCUT2D eigenvalue weighted by molar-refractivity contribution is -0.221. The third-order valence-corrected chi connectivity index (χ3v) is 3.46. The van der Waals surface area contributed by atoms with Crippen LogP contribution in [-0.2, 0) is 0 Å². The van der Waals surface area contributed by atoms with E-state index in [1.165, 1.54) is 0 Å². The summed E-state index contributed by atoms with van der Waals surface area (Å²) in [5.74, 6) is -1.85. The Morgan fingerprint density at radius 2 is 1.73 bits per heavy atom. The van der Waals surface area contributed by atoms with Gasteiger partial charge in [-0.25, -0.2) is 0 Å². The third-order valence-electron chi connectivity index (χ3n) is 2.72. The maximum absolute atomic E-state index is 12.9. The van der Waals surface area contributed by atoms with Crippen molar-refractivity contribution in [1.82, 2.24) is 0 Å². The summed E-state index contributed by atoms with van der Waals surface area (Å²) < 4.78 is 62.6. The van der Waals surface area contributed by atoms with Gasteiger partial charge in [0.25, 0.3) is 0 Å². The molecule has 0 heterocycles. The fraction of sp³-hybridized carbons (Fsp3) is 1.00. The lowest BCUT2D eigenvalue weighted by atomic mass is 9.78. The summed E-state index contributed by atoms with van der Waals surface area (Å²) in [5.41, 5.74) is -2.59.